The van der Waals surface area contributed by atoms with Crippen molar-refractivity contribution >= 4 is 17.7 Å². The van der Waals surface area contributed by atoms with Gasteiger partial charge in [0.2, 0.25) is 0 Å². The fourth-order valence-corrected chi connectivity index (χ4v) is 2.61. The van der Waals surface area contributed by atoms with Gasteiger partial charge in [-0.05, 0) is 20.8 Å². The highest BCUT2D eigenvalue weighted by Gasteiger charge is 2.23. The summed E-state index contributed by atoms with van der Waals surface area (Å²) < 4.78 is 12.0. The van der Waals surface area contributed by atoms with E-state index in [1.165, 1.54) is 0 Å². The Morgan fingerprint density at radius 1 is 1.22 bits per heavy atom. The minimum atomic E-state index is -0.667. The highest BCUT2D eigenvalue weighted by Crippen LogP contribution is 2.25. The van der Waals surface area contributed by atoms with E-state index < -0.39 is 18.5 Å². The first kappa shape index (κ1) is 18.4. The van der Waals surface area contributed by atoms with Gasteiger partial charge in [-0.1, -0.05) is 35.5 Å². The van der Waals surface area contributed by atoms with Crippen LogP contribution in [0.5, 0.6) is 0 Å². The van der Waals surface area contributed by atoms with E-state index in [1.54, 1.807) is 23.9 Å². The van der Waals surface area contributed by atoms with Gasteiger partial charge in [-0.25, -0.2) is 9.48 Å². The van der Waals surface area contributed by atoms with Crippen molar-refractivity contribution in [2.24, 2.45) is 0 Å². The fraction of sp³-hybridized carbons (Fsp3) is 0.263. The second kappa shape index (κ2) is 7.86. The SMILES string of the molecule is Cc1onc(-c2ccccc2)c1C(=O)OCC(=O)Nc1ccnn1C(C)C. The summed E-state index contributed by atoms with van der Waals surface area (Å²) in [6, 6.07) is 10.9. The minimum Gasteiger partial charge on any atom is -0.452 e. The Morgan fingerprint density at radius 2 is 1.96 bits per heavy atom. The van der Waals surface area contributed by atoms with Crippen LogP contribution in [-0.4, -0.2) is 33.4 Å². The average molecular weight is 368 g/mol. The van der Waals surface area contributed by atoms with Crippen molar-refractivity contribution in [1.29, 1.82) is 0 Å². The molecule has 1 aromatic carbocycles. The molecule has 140 valence electrons. The summed E-state index contributed by atoms with van der Waals surface area (Å²) in [4.78, 5) is 24.6. The smallest absolute Gasteiger partial charge is 0.344 e. The highest BCUT2D eigenvalue weighted by atomic mass is 16.5. The maximum absolute atomic E-state index is 12.5. The molecular weight excluding hydrogens is 348 g/mol. The number of anilines is 1. The lowest BCUT2D eigenvalue weighted by Gasteiger charge is -2.12. The van der Waals surface area contributed by atoms with E-state index in [4.69, 9.17) is 9.26 Å². The van der Waals surface area contributed by atoms with Crippen LogP contribution >= 0.6 is 0 Å². The zero-order valence-corrected chi connectivity index (χ0v) is 15.3. The van der Waals surface area contributed by atoms with E-state index >= 15 is 0 Å². The lowest BCUT2D eigenvalue weighted by atomic mass is 10.1. The van der Waals surface area contributed by atoms with Crippen LogP contribution in [0.3, 0.4) is 0 Å². The van der Waals surface area contributed by atoms with Crippen LogP contribution in [0.2, 0.25) is 0 Å². The molecule has 0 radical (unpaired) electrons. The molecule has 27 heavy (non-hydrogen) atoms. The Kier molecular flexibility index (Phi) is 5.35. The number of ether oxygens (including phenoxy) is 1. The molecule has 0 bridgehead atoms. The molecule has 8 nitrogen and oxygen atoms in total. The molecule has 0 atom stereocenters. The van der Waals surface area contributed by atoms with Gasteiger partial charge in [-0.3, -0.25) is 4.79 Å². The Labute approximate surface area is 156 Å². The van der Waals surface area contributed by atoms with Gasteiger partial charge in [-0.15, -0.1) is 0 Å². The number of nitrogens with zero attached hydrogens (tertiary/aromatic N) is 3. The van der Waals surface area contributed by atoms with Crippen molar-refractivity contribution in [2.45, 2.75) is 26.8 Å². The molecule has 0 spiro atoms. The second-order valence-corrected chi connectivity index (χ2v) is 6.21. The third kappa shape index (κ3) is 4.05. The highest BCUT2D eigenvalue weighted by molar-refractivity contribution is 5.99. The molecule has 0 unspecified atom stereocenters. The second-order valence-electron chi connectivity index (χ2n) is 6.21. The number of hydrogen-bond donors (Lipinski definition) is 1. The van der Waals surface area contributed by atoms with Gasteiger partial charge in [0.1, 0.15) is 22.8 Å². The Hall–Kier alpha value is -3.42. The van der Waals surface area contributed by atoms with Crippen molar-refractivity contribution in [3.8, 4) is 11.3 Å². The minimum absolute atomic E-state index is 0.0888. The average Bonchev–Trinajstić information content (AvgIpc) is 3.27. The maximum Gasteiger partial charge on any atom is 0.344 e. The van der Waals surface area contributed by atoms with Gasteiger partial charge in [-0.2, -0.15) is 5.10 Å². The Bertz CT molecular complexity index is 944. The molecule has 8 heteroatoms. The summed E-state index contributed by atoms with van der Waals surface area (Å²) in [6.07, 6.45) is 1.59. The van der Waals surface area contributed by atoms with Crippen LogP contribution in [0.1, 0.15) is 36.0 Å². The molecule has 0 aliphatic heterocycles. The van der Waals surface area contributed by atoms with Crippen molar-refractivity contribution in [2.75, 3.05) is 11.9 Å². The van der Waals surface area contributed by atoms with Gasteiger partial charge in [0.25, 0.3) is 5.91 Å². The number of rotatable bonds is 6. The lowest BCUT2D eigenvalue weighted by molar-refractivity contribution is -0.119. The Morgan fingerprint density at radius 3 is 2.67 bits per heavy atom. The van der Waals surface area contributed by atoms with Crippen LogP contribution < -0.4 is 5.32 Å². The maximum atomic E-state index is 12.5. The quantitative estimate of drug-likeness (QED) is 0.671. The zero-order valence-electron chi connectivity index (χ0n) is 15.3. The number of aryl methyl sites for hydroxylation is 1. The van der Waals surface area contributed by atoms with Gasteiger partial charge in [0.05, 0.1) is 6.20 Å². The summed E-state index contributed by atoms with van der Waals surface area (Å²) in [5, 5.41) is 10.8. The van der Waals surface area contributed by atoms with E-state index in [9.17, 15) is 9.59 Å². The lowest BCUT2D eigenvalue weighted by Crippen LogP contribution is -2.23. The summed E-state index contributed by atoms with van der Waals surface area (Å²) >= 11 is 0. The number of aromatic nitrogens is 3. The van der Waals surface area contributed by atoms with E-state index in [-0.39, 0.29) is 11.6 Å². The molecule has 1 amide bonds. The standard InChI is InChI=1S/C19H20N4O4/c1-12(2)23-15(9-10-20-23)21-16(24)11-26-19(25)17-13(3)27-22-18(17)14-7-5-4-6-8-14/h4-10,12H,11H2,1-3H3,(H,21,24). The summed E-state index contributed by atoms with van der Waals surface area (Å²) in [5.74, 6) is -0.254. The first-order valence-electron chi connectivity index (χ1n) is 8.49. The number of hydrogen-bond acceptors (Lipinski definition) is 6. The summed E-state index contributed by atoms with van der Waals surface area (Å²) in [6.45, 7) is 5.09. The first-order chi connectivity index (χ1) is 13.0. The topological polar surface area (TPSA) is 99.2 Å². The third-order valence-electron chi connectivity index (χ3n) is 3.88. The predicted octanol–water partition coefficient (Wildman–Crippen LogP) is 3.22. The van der Waals surface area contributed by atoms with Gasteiger partial charge >= 0.3 is 5.97 Å². The van der Waals surface area contributed by atoms with Crippen molar-refractivity contribution in [3.63, 3.8) is 0 Å². The number of amides is 1. The van der Waals surface area contributed by atoms with E-state index in [2.05, 4.69) is 15.6 Å². The number of esters is 1. The predicted molar refractivity (Wildman–Crippen MR) is 98.2 cm³/mol. The molecule has 1 N–H and O–H groups in total. The monoisotopic (exact) mass is 368 g/mol. The molecule has 0 aliphatic rings. The normalized spacial score (nSPS) is 10.8. The molecule has 0 saturated carbocycles. The van der Waals surface area contributed by atoms with Gasteiger partial charge < -0.3 is 14.6 Å². The molecule has 3 aromatic rings. The molecule has 3 rings (SSSR count). The largest absolute Gasteiger partial charge is 0.452 e. The number of carbonyl (C=O) groups is 2. The van der Waals surface area contributed by atoms with Crippen LogP contribution in [-0.2, 0) is 9.53 Å². The third-order valence-corrected chi connectivity index (χ3v) is 3.88. The molecular formula is C19H20N4O4. The Balaban J connectivity index is 1.67. The molecule has 2 aromatic heterocycles. The van der Waals surface area contributed by atoms with Crippen LogP contribution in [0.25, 0.3) is 11.3 Å². The number of nitrogens with one attached hydrogen (secondary N) is 1. The van der Waals surface area contributed by atoms with Crippen LogP contribution in [0, 0.1) is 6.92 Å². The van der Waals surface area contributed by atoms with Gasteiger partial charge in [0.15, 0.2) is 6.61 Å². The van der Waals surface area contributed by atoms with Crippen molar-refractivity contribution in [3.05, 3.63) is 53.9 Å². The number of benzene rings is 1. The molecule has 0 aliphatic carbocycles. The first-order valence-corrected chi connectivity index (χ1v) is 8.49. The summed E-state index contributed by atoms with van der Waals surface area (Å²) in [7, 11) is 0. The molecule has 0 fully saturated rings. The van der Waals surface area contributed by atoms with Crippen molar-refractivity contribution in [1.82, 2.24) is 14.9 Å². The number of carbonyl (C=O) groups excluding carboxylic acids is 2. The molecule has 0 saturated heterocycles. The van der Waals surface area contributed by atoms with Crippen LogP contribution in [0.4, 0.5) is 5.82 Å². The van der Waals surface area contributed by atoms with Crippen LogP contribution in [0.15, 0.2) is 47.1 Å². The van der Waals surface area contributed by atoms with E-state index in [1.807, 2.05) is 44.2 Å². The fourth-order valence-electron chi connectivity index (χ4n) is 2.61. The van der Waals surface area contributed by atoms with E-state index in [0.29, 0.717) is 17.3 Å². The van der Waals surface area contributed by atoms with Gasteiger partial charge in [0, 0.05) is 17.7 Å². The molecule has 2 heterocycles. The zero-order chi connectivity index (χ0) is 19.4. The van der Waals surface area contributed by atoms with E-state index in [0.717, 1.165) is 5.56 Å². The van der Waals surface area contributed by atoms with Crippen molar-refractivity contribution < 1.29 is 18.8 Å². The summed E-state index contributed by atoms with van der Waals surface area (Å²) in [5.41, 5.74) is 1.32.